The smallest absolute Gasteiger partial charge is 0.189 e. The van der Waals surface area contributed by atoms with Crippen LogP contribution in [0.3, 0.4) is 0 Å². The first-order valence-electron chi connectivity index (χ1n) is 5.21. The van der Waals surface area contributed by atoms with Crippen molar-refractivity contribution < 1.29 is 0 Å². The molecule has 2 N–H and O–H groups in total. The minimum atomic E-state index is 0.0558. The average molecular weight is 281 g/mol. The van der Waals surface area contributed by atoms with E-state index in [1.807, 2.05) is 24.4 Å². The number of pyridine rings is 1. The molecule has 0 saturated heterocycles. The zero-order valence-corrected chi connectivity index (χ0v) is 10.4. The first kappa shape index (κ1) is 11.4. The minimum Gasteiger partial charge on any atom is -0.347 e. The Morgan fingerprint density at radius 2 is 2.12 bits per heavy atom. The molecule has 0 bridgehead atoms. The molecule has 0 aliphatic rings. The van der Waals surface area contributed by atoms with Gasteiger partial charge in [-0.15, -0.1) is 0 Å². The van der Waals surface area contributed by atoms with Crippen molar-refractivity contribution in [3.8, 4) is 0 Å². The minimum absolute atomic E-state index is 0.0558. The van der Waals surface area contributed by atoms with Gasteiger partial charge in [0.15, 0.2) is 5.43 Å². The van der Waals surface area contributed by atoms with Crippen molar-refractivity contribution in [3.63, 3.8) is 0 Å². The molecule has 1 aromatic carbocycles. The normalized spacial score (nSPS) is 10.9. The summed E-state index contributed by atoms with van der Waals surface area (Å²) in [6.07, 6.45) is 2.74. The lowest BCUT2D eigenvalue weighted by Gasteiger charge is -2.09. The molecule has 2 rings (SSSR count). The summed E-state index contributed by atoms with van der Waals surface area (Å²) in [4.78, 5) is 11.7. The van der Waals surface area contributed by atoms with Crippen molar-refractivity contribution in [2.75, 3.05) is 6.54 Å². The fraction of sp³-hybridized carbons (Fsp3) is 0.250. The fourth-order valence-electron chi connectivity index (χ4n) is 1.74. The largest absolute Gasteiger partial charge is 0.347 e. The Morgan fingerprint density at radius 3 is 2.88 bits per heavy atom. The highest BCUT2D eigenvalue weighted by Crippen LogP contribution is 2.17. The second-order valence-electron chi connectivity index (χ2n) is 3.68. The zero-order valence-electron chi connectivity index (χ0n) is 8.82. The lowest BCUT2D eigenvalue weighted by Crippen LogP contribution is -2.10. The Labute approximate surface area is 102 Å². The number of hydrogen-bond donors (Lipinski definition) is 1. The van der Waals surface area contributed by atoms with E-state index in [9.17, 15) is 4.79 Å². The molecule has 0 saturated carbocycles. The van der Waals surface area contributed by atoms with Crippen LogP contribution in [0.25, 0.3) is 10.9 Å². The summed E-state index contributed by atoms with van der Waals surface area (Å²) in [5.74, 6) is 0. The molecule has 0 amide bonds. The quantitative estimate of drug-likeness (QED) is 0.936. The van der Waals surface area contributed by atoms with Gasteiger partial charge in [0.25, 0.3) is 0 Å². The molecule has 0 aliphatic heterocycles. The van der Waals surface area contributed by atoms with E-state index in [1.165, 1.54) is 0 Å². The molecule has 1 aromatic heterocycles. The maximum Gasteiger partial charge on any atom is 0.189 e. The highest BCUT2D eigenvalue weighted by atomic mass is 79.9. The van der Waals surface area contributed by atoms with E-state index in [2.05, 4.69) is 20.5 Å². The molecule has 0 atom stereocenters. The summed E-state index contributed by atoms with van der Waals surface area (Å²) in [5, 5.41) is 0.744. The Bertz CT molecular complexity index is 562. The van der Waals surface area contributed by atoms with Crippen LogP contribution in [0.4, 0.5) is 0 Å². The highest BCUT2D eigenvalue weighted by molar-refractivity contribution is 9.10. The molecule has 16 heavy (non-hydrogen) atoms. The summed E-state index contributed by atoms with van der Waals surface area (Å²) in [5.41, 5.74) is 6.51. The summed E-state index contributed by atoms with van der Waals surface area (Å²) < 4.78 is 2.99. The van der Waals surface area contributed by atoms with Crippen molar-refractivity contribution in [2.45, 2.75) is 13.0 Å². The number of aromatic nitrogens is 1. The van der Waals surface area contributed by atoms with E-state index in [0.717, 1.165) is 28.3 Å². The SMILES string of the molecule is NCCCn1ccc(=O)c2cc(Br)ccc21. The topological polar surface area (TPSA) is 48.0 Å². The Hall–Kier alpha value is -1.13. The fourth-order valence-corrected chi connectivity index (χ4v) is 2.10. The van der Waals surface area contributed by atoms with Crippen LogP contribution in [0.1, 0.15) is 6.42 Å². The van der Waals surface area contributed by atoms with Crippen LogP contribution in [0.2, 0.25) is 0 Å². The third-order valence-corrected chi connectivity index (χ3v) is 3.04. The summed E-state index contributed by atoms with van der Waals surface area (Å²) in [6.45, 7) is 1.50. The van der Waals surface area contributed by atoms with Gasteiger partial charge in [-0.2, -0.15) is 0 Å². The van der Waals surface area contributed by atoms with Gasteiger partial charge >= 0.3 is 0 Å². The van der Waals surface area contributed by atoms with Crippen LogP contribution >= 0.6 is 15.9 Å². The lowest BCUT2D eigenvalue weighted by atomic mass is 10.2. The Kier molecular flexibility index (Phi) is 3.41. The molecule has 0 aliphatic carbocycles. The average Bonchev–Trinajstić information content (AvgIpc) is 2.29. The van der Waals surface area contributed by atoms with E-state index in [1.54, 1.807) is 6.07 Å². The van der Waals surface area contributed by atoms with Gasteiger partial charge in [0, 0.05) is 28.7 Å². The van der Waals surface area contributed by atoms with Crippen LogP contribution in [0.15, 0.2) is 39.7 Å². The van der Waals surface area contributed by atoms with Crippen LogP contribution in [-0.4, -0.2) is 11.1 Å². The first-order valence-corrected chi connectivity index (χ1v) is 6.00. The molecule has 0 radical (unpaired) electrons. The molecular weight excluding hydrogens is 268 g/mol. The molecule has 3 nitrogen and oxygen atoms in total. The number of rotatable bonds is 3. The van der Waals surface area contributed by atoms with Crippen molar-refractivity contribution in [1.29, 1.82) is 0 Å². The van der Waals surface area contributed by atoms with Crippen molar-refractivity contribution in [2.24, 2.45) is 5.73 Å². The van der Waals surface area contributed by atoms with Crippen LogP contribution in [0, 0.1) is 0 Å². The first-order chi connectivity index (χ1) is 7.72. The molecule has 1 heterocycles. The summed E-state index contributed by atoms with van der Waals surface area (Å²) in [6, 6.07) is 7.36. The van der Waals surface area contributed by atoms with E-state index >= 15 is 0 Å². The number of nitrogens with two attached hydrogens (primary N) is 1. The van der Waals surface area contributed by atoms with E-state index in [4.69, 9.17) is 5.73 Å². The molecule has 0 fully saturated rings. The van der Waals surface area contributed by atoms with Gasteiger partial charge in [-0.05, 0) is 31.2 Å². The van der Waals surface area contributed by atoms with E-state index < -0.39 is 0 Å². The molecule has 0 unspecified atom stereocenters. The molecule has 2 aromatic rings. The summed E-state index contributed by atoms with van der Waals surface area (Å²) in [7, 11) is 0. The molecular formula is C12H13BrN2O. The highest BCUT2D eigenvalue weighted by Gasteiger charge is 2.02. The van der Waals surface area contributed by atoms with Gasteiger partial charge in [-0.3, -0.25) is 4.79 Å². The number of nitrogens with zero attached hydrogens (tertiary/aromatic N) is 1. The van der Waals surface area contributed by atoms with Crippen LogP contribution < -0.4 is 11.2 Å². The van der Waals surface area contributed by atoms with Crippen molar-refractivity contribution >= 4 is 26.8 Å². The Morgan fingerprint density at radius 1 is 1.31 bits per heavy atom. The summed E-state index contributed by atoms with van der Waals surface area (Å²) >= 11 is 3.38. The number of halogens is 1. The van der Waals surface area contributed by atoms with E-state index in [0.29, 0.717) is 6.54 Å². The second kappa shape index (κ2) is 4.80. The van der Waals surface area contributed by atoms with Crippen LogP contribution in [0.5, 0.6) is 0 Å². The van der Waals surface area contributed by atoms with Gasteiger partial charge in [-0.1, -0.05) is 15.9 Å². The number of benzene rings is 1. The standard InChI is InChI=1S/C12H13BrN2O/c13-9-2-3-11-10(8-9)12(16)4-7-15(11)6-1-5-14/h2-4,7-8H,1,5-6,14H2. The molecule has 84 valence electrons. The maximum atomic E-state index is 11.7. The lowest BCUT2D eigenvalue weighted by molar-refractivity contribution is 0.666. The maximum absolute atomic E-state index is 11.7. The van der Waals surface area contributed by atoms with Gasteiger partial charge in [0.05, 0.1) is 5.52 Å². The predicted molar refractivity (Wildman–Crippen MR) is 69.6 cm³/mol. The molecule has 0 spiro atoms. The third-order valence-electron chi connectivity index (χ3n) is 2.54. The number of aryl methyl sites for hydroxylation is 1. The van der Waals surface area contributed by atoms with Crippen LogP contribution in [-0.2, 0) is 6.54 Å². The molecule has 4 heteroatoms. The predicted octanol–water partition coefficient (Wildman–Crippen LogP) is 2.11. The van der Waals surface area contributed by atoms with Gasteiger partial charge in [0.2, 0.25) is 0 Å². The number of hydrogen-bond acceptors (Lipinski definition) is 2. The van der Waals surface area contributed by atoms with Crippen molar-refractivity contribution in [3.05, 3.63) is 45.2 Å². The van der Waals surface area contributed by atoms with Gasteiger partial charge in [-0.25, -0.2) is 0 Å². The van der Waals surface area contributed by atoms with Gasteiger partial charge < -0.3 is 10.3 Å². The van der Waals surface area contributed by atoms with Gasteiger partial charge in [0.1, 0.15) is 0 Å². The van der Waals surface area contributed by atoms with Crippen molar-refractivity contribution in [1.82, 2.24) is 4.57 Å². The second-order valence-corrected chi connectivity index (χ2v) is 4.59. The number of fused-ring (bicyclic) bond motifs is 1. The third kappa shape index (κ3) is 2.18. The monoisotopic (exact) mass is 280 g/mol. The zero-order chi connectivity index (χ0) is 11.5. The van der Waals surface area contributed by atoms with E-state index in [-0.39, 0.29) is 5.43 Å². The Balaban J connectivity index is 2.60.